The van der Waals surface area contributed by atoms with Gasteiger partial charge in [0, 0.05) is 14.2 Å². The quantitative estimate of drug-likeness (QED) is 0.489. The summed E-state index contributed by atoms with van der Waals surface area (Å²) in [4.78, 5) is 13.2. The summed E-state index contributed by atoms with van der Waals surface area (Å²) in [5.74, 6) is -0.606. The molecule has 0 radical (unpaired) electrons. The summed E-state index contributed by atoms with van der Waals surface area (Å²) in [5, 5.41) is 8.80. The average molecular weight is 300 g/mol. The average Bonchev–Trinajstić information content (AvgIpc) is 2.65. The van der Waals surface area contributed by atoms with Crippen LogP contribution in [0.5, 0.6) is 0 Å². The molecule has 0 unspecified atom stereocenters. The Morgan fingerprint density at radius 1 is 1.75 bits per heavy atom. The van der Waals surface area contributed by atoms with Crippen molar-refractivity contribution in [3.63, 3.8) is 0 Å². The normalized spacial score (nSPS) is 11.0. The lowest BCUT2D eigenvalue weighted by Gasteiger charge is -1.94. The second kappa shape index (κ2) is 5.83. The number of nitriles is 1. The Kier molecular flexibility index (Phi) is 4.71. The van der Waals surface area contributed by atoms with Crippen LogP contribution in [-0.4, -0.2) is 13.1 Å². The van der Waals surface area contributed by atoms with E-state index < -0.39 is 5.97 Å². The number of hydrogen-bond acceptors (Lipinski definition) is 4. The molecule has 1 rings (SSSR count). The third-order valence-electron chi connectivity index (χ3n) is 1.91. The van der Waals surface area contributed by atoms with Gasteiger partial charge in [0.2, 0.25) is 0 Å². The largest absolute Gasteiger partial charge is 0.465 e. The highest BCUT2D eigenvalue weighted by Crippen LogP contribution is 2.29. The van der Waals surface area contributed by atoms with Gasteiger partial charge in [-0.2, -0.15) is 5.26 Å². The zero-order chi connectivity index (χ0) is 12.1. The lowest BCUT2D eigenvalue weighted by atomic mass is 10.2. The van der Waals surface area contributed by atoms with Gasteiger partial charge in [-0.1, -0.05) is 6.92 Å². The standard InChI is InChI=1S/C11H10BrNO2S/c1-3-10-9(12)5-8(16-10)4-7(6-13)11(14)15-2/h4-5H,3H2,1-2H3. The molecule has 0 aliphatic carbocycles. The fraction of sp³-hybridized carbons (Fsp3) is 0.273. The fourth-order valence-corrected chi connectivity index (χ4v) is 2.99. The molecule has 84 valence electrons. The van der Waals surface area contributed by atoms with Crippen molar-refractivity contribution < 1.29 is 9.53 Å². The number of aryl methyl sites for hydroxylation is 1. The van der Waals surface area contributed by atoms with Gasteiger partial charge in [0.05, 0.1) is 7.11 Å². The molecule has 0 saturated carbocycles. The van der Waals surface area contributed by atoms with Crippen LogP contribution in [0.15, 0.2) is 16.1 Å². The Bertz CT molecular complexity index is 471. The smallest absolute Gasteiger partial charge is 0.348 e. The summed E-state index contributed by atoms with van der Waals surface area (Å²) in [7, 11) is 1.26. The highest BCUT2D eigenvalue weighted by atomic mass is 79.9. The number of ether oxygens (including phenoxy) is 1. The SMILES string of the molecule is CCc1sc(C=C(C#N)C(=O)OC)cc1Br. The van der Waals surface area contributed by atoms with Gasteiger partial charge in [0.25, 0.3) is 0 Å². The predicted octanol–water partition coefficient (Wildman–Crippen LogP) is 3.15. The molecule has 0 aliphatic heterocycles. The van der Waals surface area contributed by atoms with Crippen molar-refractivity contribution in [3.05, 3.63) is 25.9 Å². The van der Waals surface area contributed by atoms with E-state index in [0.29, 0.717) is 0 Å². The number of methoxy groups -OCH3 is 1. The van der Waals surface area contributed by atoms with Gasteiger partial charge in [-0.05, 0) is 34.5 Å². The van der Waals surface area contributed by atoms with Gasteiger partial charge in [0.15, 0.2) is 0 Å². The monoisotopic (exact) mass is 299 g/mol. The molecular formula is C11H10BrNO2S. The third kappa shape index (κ3) is 2.94. The van der Waals surface area contributed by atoms with Crippen LogP contribution in [0.4, 0.5) is 0 Å². The molecule has 1 heterocycles. The molecule has 1 aromatic rings. The van der Waals surface area contributed by atoms with Crippen LogP contribution in [0.25, 0.3) is 6.08 Å². The predicted molar refractivity (Wildman–Crippen MR) is 67.0 cm³/mol. The van der Waals surface area contributed by atoms with E-state index in [0.717, 1.165) is 15.8 Å². The Morgan fingerprint density at radius 3 is 2.88 bits per heavy atom. The van der Waals surface area contributed by atoms with Crippen molar-refractivity contribution in [1.82, 2.24) is 0 Å². The van der Waals surface area contributed by atoms with Crippen molar-refractivity contribution in [2.45, 2.75) is 13.3 Å². The van der Waals surface area contributed by atoms with E-state index >= 15 is 0 Å². The van der Waals surface area contributed by atoms with E-state index in [2.05, 4.69) is 27.6 Å². The Labute approximate surface area is 106 Å². The van der Waals surface area contributed by atoms with Gasteiger partial charge in [-0.3, -0.25) is 0 Å². The van der Waals surface area contributed by atoms with Crippen molar-refractivity contribution in [2.24, 2.45) is 0 Å². The first-order valence-electron chi connectivity index (χ1n) is 4.60. The highest BCUT2D eigenvalue weighted by Gasteiger charge is 2.10. The number of hydrogen-bond donors (Lipinski definition) is 0. The van der Waals surface area contributed by atoms with Crippen LogP contribution in [0, 0.1) is 11.3 Å². The molecule has 0 atom stereocenters. The van der Waals surface area contributed by atoms with E-state index in [1.54, 1.807) is 17.4 Å². The van der Waals surface area contributed by atoms with Crippen LogP contribution < -0.4 is 0 Å². The maximum atomic E-state index is 11.2. The topological polar surface area (TPSA) is 50.1 Å². The molecule has 0 fully saturated rings. The van der Waals surface area contributed by atoms with Crippen LogP contribution in [0.1, 0.15) is 16.7 Å². The molecule has 16 heavy (non-hydrogen) atoms. The van der Waals surface area contributed by atoms with Crippen molar-refractivity contribution in [1.29, 1.82) is 5.26 Å². The maximum absolute atomic E-state index is 11.2. The molecule has 3 nitrogen and oxygen atoms in total. The molecule has 0 aliphatic rings. The molecule has 0 saturated heterocycles. The second-order valence-corrected chi connectivity index (χ2v) is 4.96. The molecule has 0 aromatic carbocycles. The molecule has 1 aromatic heterocycles. The second-order valence-electron chi connectivity index (χ2n) is 2.93. The minimum Gasteiger partial charge on any atom is -0.465 e. The zero-order valence-electron chi connectivity index (χ0n) is 8.91. The number of carbonyl (C=O) groups is 1. The van der Waals surface area contributed by atoms with Crippen LogP contribution in [0.2, 0.25) is 0 Å². The van der Waals surface area contributed by atoms with E-state index in [9.17, 15) is 4.79 Å². The van der Waals surface area contributed by atoms with Crippen LogP contribution >= 0.6 is 27.3 Å². The number of esters is 1. The number of thiophene rings is 1. The summed E-state index contributed by atoms with van der Waals surface area (Å²) >= 11 is 4.97. The van der Waals surface area contributed by atoms with Crippen LogP contribution in [0.3, 0.4) is 0 Å². The first-order valence-corrected chi connectivity index (χ1v) is 6.21. The van der Waals surface area contributed by atoms with Crippen molar-refractivity contribution in [2.75, 3.05) is 7.11 Å². The Hall–Kier alpha value is -1.12. The Morgan fingerprint density at radius 2 is 2.44 bits per heavy atom. The molecule has 0 N–H and O–H groups in total. The number of rotatable bonds is 3. The van der Waals surface area contributed by atoms with Gasteiger partial charge < -0.3 is 4.74 Å². The number of nitrogens with zero attached hydrogens (tertiary/aromatic N) is 1. The summed E-state index contributed by atoms with van der Waals surface area (Å²) in [5.41, 5.74) is 0.0129. The molecule has 0 bridgehead atoms. The minimum absolute atomic E-state index is 0.0129. The van der Waals surface area contributed by atoms with E-state index in [1.807, 2.05) is 12.1 Å². The van der Waals surface area contributed by atoms with Gasteiger partial charge in [0.1, 0.15) is 11.6 Å². The summed E-state index contributed by atoms with van der Waals surface area (Å²) in [6, 6.07) is 3.72. The van der Waals surface area contributed by atoms with E-state index in [4.69, 9.17) is 5.26 Å². The first kappa shape index (κ1) is 12.9. The number of halogens is 1. The molecule has 5 heteroatoms. The zero-order valence-corrected chi connectivity index (χ0v) is 11.3. The summed E-state index contributed by atoms with van der Waals surface area (Å²) in [6.07, 6.45) is 2.46. The molecule has 0 spiro atoms. The highest BCUT2D eigenvalue weighted by molar-refractivity contribution is 9.10. The van der Waals surface area contributed by atoms with Crippen molar-refractivity contribution in [3.8, 4) is 6.07 Å². The van der Waals surface area contributed by atoms with Crippen LogP contribution in [-0.2, 0) is 16.0 Å². The lowest BCUT2D eigenvalue weighted by Crippen LogP contribution is -2.02. The van der Waals surface area contributed by atoms with E-state index in [1.165, 1.54) is 12.0 Å². The first-order chi connectivity index (χ1) is 7.62. The lowest BCUT2D eigenvalue weighted by molar-refractivity contribution is -0.135. The van der Waals surface area contributed by atoms with Gasteiger partial charge in [-0.25, -0.2) is 4.79 Å². The third-order valence-corrected chi connectivity index (χ3v) is 4.11. The maximum Gasteiger partial charge on any atom is 0.348 e. The van der Waals surface area contributed by atoms with Gasteiger partial charge in [-0.15, -0.1) is 11.3 Å². The summed E-state index contributed by atoms with van der Waals surface area (Å²) < 4.78 is 5.51. The molecular weight excluding hydrogens is 290 g/mol. The van der Waals surface area contributed by atoms with Gasteiger partial charge >= 0.3 is 5.97 Å². The summed E-state index contributed by atoms with van der Waals surface area (Å²) in [6.45, 7) is 2.05. The molecule has 0 amide bonds. The number of carbonyl (C=O) groups excluding carboxylic acids is 1. The van der Waals surface area contributed by atoms with E-state index in [-0.39, 0.29) is 5.57 Å². The fourth-order valence-electron chi connectivity index (χ4n) is 1.13. The minimum atomic E-state index is -0.606. The Balaban J connectivity index is 3.05. The van der Waals surface area contributed by atoms with Crippen molar-refractivity contribution >= 4 is 39.3 Å².